The molecule has 0 amide bonds. The molecule has 1 fully saturated rings. The Balaban J connectivity index is 2.14. The number of aromatic nitrogens is 1. The van der Waals surface area contributed by atoms with E-state index in [1.165, 1.54) is 0 Å². The zero-order valence-electron chi connectivity index (χ0n) is 10.3. The Bertz CT molecular complexity index is 624. The average molecular weight is 277 g/mol. The van der Waals surface area contributed by atoms with Crippen LogP contribution in [-0.2, 0) is 4.74 Å². The van der Waals surface area contributed by atoms with Gasteiger partial charge in [0.2, 0.25) is 0 Å². The van der Waals surface area contributed by atoms with Crippen LogP contribution >= 0.6 is 11.6 Å². The van der Waals surface area contributed by atoms with Gasteiger partial charge in [0.05, 0.1) is 24.3 Å². The van der Waals surface area contributed by atoms with Crippen molar-refractivity contribution in [1.82, 2.24) is 4.98 Å². The first-order chi connectivity index (χ1) is 9.25. The molecule has 0 N–H and O–H groups in total. The number of nitrogens with zero attached hydrogens (tertiary/aromatic N) is 2. The predicted molar refractivity (Wildman–Crippen MR) is 75.0 cm³/mol. The topological polar surface area (TPSA) is 42.4 Å². The van der Waals surface area contributed by atoms with E-state index < -0.39 is 5.24 Å². The molecule has 1 aromatic heterocycles. The summed E-state index contributed by atoms with van der Waals surface area (Å²) in [6.45, 7) is 2.74. The third-order valence-electron chi connectivity index (χ3n) is 3.23. The molecular formula is C14H13ClN2O2. The number of para-hydroxylation sites is 1. The van der Waals surface area contributed by atoms with Crippen LogP contribution in [0.15, 0.2) is 30.3 Å². The molecule has 0 aliphatic carbocycles. The Hall–Kier alpha value is -1.65. The highest BCUT2D eigenvalue weighted by Crippen LogP contribution is 2.25. The second kappa shape index (κ2) is 5.15. The number of carbonyl (C=O) groups excluding carboxylic acids is 1. The molecule has 0 unspecified atom stereocenters. The number of carbonyl (C=O) groups is 1. The predicted octanol–water partition coefficient (Wildman–Crippen LogP) is 2.45. The zero-order chi connectivity index (χ0) is 13.2. The van der Waals surface area contributed by atoms with Crippen LogP contribution in [0.4, 0.5) is 5.82 Å². The van der Waals surface area contributed by atoms with Crippen LogP contribution in [0.25, 0.3) is 10.9 Å². The second-order valence-corrected chi connectivity index (χ2v) is 4.77. The van der Waals surface area contributed by atoms with Crippen LogP contribution < -0.4 is 4.90 Å². The van der Waals surface area contributed by atoms with E-state index in [1.54, 1.807) is 0 Å². The number of anilines is 1. The third kappa shape index (κ3) is 2.41. The van der Waals surface area contributed by atoms with Crippen LogP contribution in [0.2, 0.25) is 0 Å². The zero-order valence-corrected chi connectivity index (χ0v) is 11.1. The number of rotatable bonds is 2. The van der Waals surface area contributed by atoms with Crippen molar-refractivity contribution in [2.24, 2.45) is 0 Å². The van der Waals surface area contributed by atoms with E-state index in [0.29, 0.717) is 24.6 Å². The van der Waals surface area contributed by atoms with Gasteiger partial charge in [0.25, 0.3) is 5.24 Å². The van der Waals surface area contributed by atoms with Crippen molar-refractivity contribution < 1.29 is 9.53 Å². The van der Waals surface area contributed by atoms with Crippen molar-refractivity contribution in [3.8, 4) is 0 Å². The molecule has 4 nitrogen and oxygen atoms in total. The molecule has 19 heavy (non-hydrogen) atoms. The van der Waals surface area contributed by atoms with Crippen LogP contribution in [0.1, 0.15) is 10.4 Å². The number of pyridine rings is 1. The minimum Gasteiger partial charge on any atom is -0.378 e. The smallest absolute Gasteiger partial charge is 0.256 e. The molecule has 1 aliphatic heterocycles. The van der Waals surface area contributed by atoms with Crippen molar-refractivity contribution >= 4 is 33.6 Å². The first-order valence-electron chi connectivity index (χ1n) is 6.18. The highest BCUT2D eigenvalue weighted by Gasteiger charge is 2.20. The summed E-state index contributed by atoms with van der Waals surface area (Å²) in [6, 6.07) is 9.51. The van der Waals surface area contributed by atoms with E-state index in [2.05, 4.69) is 4.98 Å². The van der Waals surface area contributed by atoms with Gasteiger partial charge < -0.3 is 9.64 Å². The van der Waals surface area contributed by atoms with Gasteiger partial charge in [-0.15, -0.1) is 0 Å². The minimum absolute atomic E-state index is 0.460. The van der Waals surface area contributed by atoms with E-state index in [9.17, 15) is 4.79 Å². The number of hydrogen-bond acceptors (Lipinski definition) is 4. The lowest BCUT2D eigenvalue weighted by Gasteiger charge is -2.29. The average Bonchev–Trinajstić information content (AvgIpc) is 2.46. The first kappa shape index (κ1) is 12.4. The number of halogens is 1. The minimum atomic E-state index is -0.472. The summed E-state index contributed by atoms with van der Waals surface area (Å²) in [5.74, 6) is 0.655. The Kier molecular flexibility index (Phi) is 3.36. The highest BCUT2D eigenvalue weighted by molar-refractivity contribution is 6.68. The molecule has 1 aromatic carbocycles. The Morgan fingerprint density at radius 1 is 1.26 bits per heavy atom. The van der Waals surface area contributed by atoms with Crippen molar-refractivity contribution in [2.45, 2.75) is 0 Å². The number of morpholine rings is 1. The molecule has 98 valence electrons. The Morgan fingerprint density at radius 3 is 2.74 bits per heavy atom. The molecule has 0 spiro atoms. The van der Waals surface area contributed by atoms with Crippen molar-refractivity contribution in [1.29, 1.82) is 0 Å². The van der Waals surface area contributed by atoms with Gasteiger partial charge in [-0.25, -0.2) is 4.98 Å². The lowest BCUT2D eigenvalue weighted by Crippen LogP contribution is -2.37. The largest absolute Gasteiger partial charge is 0.378 e. The number of benzene rings is 1. The van der Waals surface area contributed by atoms with E-state index >= 15 is 0 Å². The van der Waals surface area contributed by atoms with E-state index in [1.807, 2.05) is 35.2 Å². The summed E-state index contributed by atoms with van der Waals surface area (Å²) in [7, 11) is 0. The fourth-order valence-corrected chi connectivity index (χ4v) is 2.41. The maximum atomic E-state index is 11.6. The summed E-state index contributed by atoms with van der Waals surface area (Å²) in [5, 5.41) is 0.447. The van der Waals surface area contributed by atoms with Gasteiger partial charge in [0, 0.05) is 18.5 Å². The van der Waals surface area contributed by atoms with Gasteiger partial charge in [-0.1, -0.05) is 18.2 Å². The molecule has 3 rings (SSSR count). The maximum Gasteiger partial charge on any atom is 0.256 e. The molecule has 2 aromatic rings. The first-order valence-corrected chi connectivity index (χ1v) is 6.56. The molecule has 1 aliphatic rings. The van der Waals surface area contributed by atoms with Gasteiger partial charge in [0.1, 0.15) is 5.82 Å². The fraction of sp³-hybridized carbons (Fsp3) is 0.286. The summed E-state index contributed by atoms with van der Waals surface area (Å²) < 4.78 is 5.32. The normalized spacial score (nSPS) is 15.7. The summed E-state index contributed by atoms with van der Waals surface area (Å²) in [5.41, 5.74) is 1.33. The van der Waals surface area contributed by atoms with Gasteiger partial charge in [-0.2, -0.15) is 0 Å². The van der Waals surface area contributed by atoms with Gasteiger partial charge >= 0.3 is 0 Å². The van der Waals surface area contributed by atoms with Crippen LogP contribution in [-0.4, -0.2) is 36.5 Å². The van der Waals surface area contributed by atoms with Gasteiger partial charge in [-0.05, 0) is 23.7 Å². The van der Waals surface area contributed by atoms with E-state index in [0.717, 1.165) is 24.0 Å². The Morgan fingerprint density at radius 2 is 2.00 bits per heavy atom. The summed E-state index contributed by atoms with van der Waals surface area (Å²) in [6.07, 6.45) is 0. The van der Waals surface area contributed by atoms with Crippen molar-refractivity contribution in [3.05, 3.63) is 35.9 Å². The molecule has 2 heterocycles. The maximum absolute atomic E-state index is 11.6. The fourth-order valence-electron chi connectivity index (χ4n) is 2.27. The third-order valence-corrected chi connectivity index (χ3v) is 3.43. The van der Waals surface area contributed by atoms with Crippen LogP contribution in [0, 0.1) is 0 Å². The molecule has 0 bridgehead atoms. The van der Waals surface area contributed by atoms with E-state index in [4.69, 9.17) is 16.3 Å². The number of hydrogen-bond donors (Lipinski definition) is 0. The quantitative estimate of drug-likeness (QED) is 0.790. The Labute approximate surface area is 115 Å². The lowest BCUT2D eigenvalue weighted by atomic mass is 10.1. The SMILES string of the molecule is O=C(Cl)c1cc2ccccc2nc1N1CCOCC1. The summed E-state index contributed by atoms with van der Waals surface area (Å²) in [4.78, 5) is 18.3. The standard InChI is InChI=1S/C14H13ClN2O2/c15-13(18)11-9-10-3-1-2-4-12(10)16-14(11)17-5-7-19-8-6-17/h1-4,9H,5-8H2. The number of fused-ring (bicyclic) bond motifs is 1. The molecule has 1 saturated heterocycles. The molecule has 0 radical (unpaired) electrons. The second-order valence-electron chi connectivity index (χ2n) is 4.43. The summed E-state index contributed by atoms with van der Waals surface area (Å²) >= 11 is 5.69. The molecule has 0 saturated carbocycles. The molecule has 0 atom stereocenters. The van der Waals surface area contributed by atoms with Crippen LogP contribution in [0.5, 0.6) is 0 Å². The highest BCUT2D eigenvalue weighted by atomic mass is 35.5. The lowest BCUT2D eigenvalue weighted by molar-refractivity contribution is 0.107. The monoisotopic (exact) mass is 276 g/mol. The van der Waals surface area contributed by atoms with Gasteiger partial charge in [0.15, 0.2) is 0 Å². The molecule has 5 heteroatoms. The van der Waals surface area contributed by atoms with Crippen LogP contribution in [0.3, 0.4) is 0 Å². The number of ether oxygens (including phenoxy) is 1. The van der Waals surface area contributed by atoms with E-state index in [-0.39, 0.29) is 0 Å². The van der Waals surface area contributed by atoms with Crippen molar-refractivity contribution in [3.63, 3.8) is 0 Å². The van der Waals surface area contributed by atoms with Gasteiger partial charge in [-0.3, -0.25) is 4.79 Å². The van der Waals surface area contributed by atoms with Crippen molar-refractivity contribution in [2.75, 3.05) is 31.2 Å². The molecular weight excluding hydrogens is 264 g/mol.